The molecule has 0 atom stereocenters. The fourth-order valence-electron chi connectivity index (χ4n) is 3.83. The van der Waals surface area contributed by atoms with Gasteiger partial charge in [-0.15, -0.1) is 0 Å². The molecule has 3 aromatic rings. The molecule has 6 nitrogen and oxygen atoms in total. The average molecular weight is 451 g/mol. The Bertz CT molecular complexity index is 1090. The number of nitrogens with one attached hydrogen (secondary N) is 1. The minimum atomic E-state index is -0.251. The van der Waals surface area contributed by atoms with Crippen LogP contribution in [0.4, 0.5) is 5.82 Å². The monoisotopic (exact) mass is 450 g/mol. The quantitative estimate of drug-likeness (QED) is 0.514. The topological polar surface area (TPSA) is 67.2 Å². The summed E-state index contributed by atoms with van der Waals surface area (Å²) in [6, 6.07) is 18.9. The normalized spacial score (nSPS) is 13.4. The maximum atomic E-state index is 13.0. The summed E-state index contributed by atoms with van der Waals surface area (Å²) >= 11 is 6.42. The molecule has 1 N–H and O–H groups in total. The number of aromatic nitrogens is 2. The van der Waals surface area contributed by atoms with E-state index in [2.05, 4.69) is 5.32 Å². The summed E-state index contributed by atoms with van der Waals surface area (Å²) in [7, 11) is 0. The number of amides is 2. The van der Waals surface area contributed by atoms with Gasteiger partial charge in [0.1, 0.15) is 5.82 Å². The molecule has 1 saturated carbocycles. The van der Waals surface area contributed by atoms with Crippen molar-refractivity contribution in [2.24, 2.45) is 5.92 Å². The van der Waals surface area contributed by atoms with Crippen LogP contribution in [0.5, 0.6) is 0 Å². The number of hydrogen-bond acceptors (Lipinski definition) is 3. The summed E-state index contributed by atoms with van der Waals surface area (Å²) in [5.41, 5.74) is 2.32. The van der Waals surface area contributed by atoms with Gasteiger partial charge in [-0.2, -0.15) is 5.10 Å². The predicted molar refractivity (Wildman–Crippen MR) is 127 cm³/mol. The summed E-state index contributed by atoms with van der Waals surface area (Å²) in [6.45, 7) is 2.61. The van der Waals surface area contributed by atoms with Crippen LogP contribution in [0.15, 0.2) is 60.7 Å². The van der Waals surface area contributed by atoms with Crippen molar-refractivity contribution in [2.75, 3.05) is 18.4 Å². The molecule has 4 rings (SSSR count). The minimum Gasteiger partial charge on any atom is -0.333 e. The molecule has 0 bridgehead atoms. The molecule has 7 heteroatoms. The Balaban J connectivity index is 1.60. The molecule has 166 valence electrons. The second-order valence-corrected chi connectivity index (χ2v) is 8.49. The van der Waals surface area contributed by atoms with Crippen molar-refractivity contribution >= 4 is 29.2 Å². The third-order valence-corrected chi connectivity index (χ3v) is 6.04. The zero-order chi connectivity index (χ0) is 22.5. The van der Waals surface area contributed by atoms with Crippen LogP contribution in [0, 0.1) is 5.92 Å². The van der Waals surface area contributed by atoms with Gasteiger partial charge < -0.3 is 10.2 Å². The van der Waals surface area contributed by atoms with Crippen molar-refractivity contribution in [3.8, 4) is 16.9 Å². The van der Waals surface area contributed by atoms with Crippen molar-refractivity contribution in [2.45, 2.75) is 32.6 Å². The van der Waals surface area contributed by atoms with Crippen LogP contribution in [0.2, 0.25) is 5.02 Å². The summed E-state index contributed by atoms with van der Waals surface area (Å²) in [5.74, 6) is 0.402. The molecule has 0 saturated heterocycles. The smallest absolute Gasteiger partial charge is 0.245 e. The SMILES string of the molecule is CCCN(CC(=O)Nc1cc(-c2ccccc2)nn1-c1ccccc1Cl)C(=O)C1CCC1. The number of anilines is 1. The lowest BCUT2D eigenvalue weighted by Crippen LogP contribution is -2.43. The van der Waals surface area contributed by atoms with Gasteiger partial charge in [0.2, 0.25) is 11.8 Å². The molecule has 2 aromatic carbocycles. The predicted octanol–water partition coefficient (Wildman–Crippen LogP) is 5.17. The van der Waals surface area contributed by atoms with Crippen molar-refractivity contribution in [1.29, 1.82) is 0 Å². The fraction of sp³-hybridized carbons (Fsp3) is 0.320. The third-order valence-electron chi connectivity index (χ3n) is 5.72. The molecular weight excluding hydrogens is 424 g/mol. The maximum Gasteiger partial charge on any atom is 0.245 e. The van der Waals surface area contributed by atoms with E-state index in [-0.39, 0.29) is 24.3 Å². The van der Waals surface area contributed by atoms with Gasteiger partial charge in [-0.1, -0.05) is 67.4 Å². The first-order chi connectivity index (χ1) is 15.6. The third kappa shape index (κ3) is 4.86. The van der Waals surface area contributed by atoms with Gasteiger partial charge in [0.25, 0.3) is 0 Å². The Kier molecular flexibility index (Phi) is 6.90. The van der Waals surface area contributed by atoms with Crippen molar-refractivity contribution in [1.82, 2.24) is 14.7 Å². The average Bonchev–Trinajstić information content (AvgIpc) is 3.16. The molecule has 1 aliphatic rings. The highest BCUT2D eigenvalue weighted by Crippen LogP contribution is 2.29. The lowest BCUT2D eigenvalue weighted by atomic mass is 9.84. The van der Waals surface area contributed by atoms with E-state index in [0.717, 1.165) is 36.9 Å². The number of carbonyl (C=O) groups is 2. The van der Waals surface area contributed by atoms with Gasteiger partial charge in [-0.3, -0.25) is 9.59 Å². The van der Waals surface area contributed by atoms with Gasteiger partial charge in [0, 0.05) is 24.1 Å². The molecule has 1 heterocycles. The minimum absolute atomic E-state index is 0.0253. The van der Waals surface area contributed by atoms with Crippen molar-refractivity contribution in [3.63, 3.8) is 0 Å². The van der Waals surface area contributed by atoms with Gasteiger partial charge in [-0.25, -0.2) is 4.68 Å². The largest absolute Gasteiger partial charge is 0.333 e. The Labute approximate surface area is 193 Å². The Morgan fingerprint density at radius 1 is 1.12 bits per heavy atom. The molecule has 1 fully saturated rings. The van der Waals surface area contributed by atoms with Gasteiger partial charge in [-0.05, 0) is 31.4 Å². The van der Waals surface area contributed by atoms with Crippen LogP contribution in [0.25, 0.3) is 16.9 Å². The van der Waals surface area contributed by atoms with Gasteiger partial charge in [0.05, 0.1) is 22.9 Å². The second-order valence-electron chi connectivity index (χ2n) is 8.08. The molecule has 1 aromatic heterocycles. The number of halogens is 1. The van der Waals surface area contributed by atoms with Crippen molar-refractivity contribution in [3.05, 3.63) is 65.7 Å². The molecule has 32 heavy (non-hydrogen) atoms. The van der Waals surface area contributed by atoms with Gasteiger partial charge in [0.15, 0.2) is 0 Å². The molecule has 2 amide bonds. The summed E-state index contributed by atoms with van der Waals surface area (Å²) in [5, 5.41) is 8.18. The number of para-hydroxylation sites is 1. The van der Waals surface area contributed by atoms with E-state index in [1.165, 1.54) is 0 Å². The number of benzene rings is 2. The maximum absolute atomic E-state index is 13.0. The van der Waals surface area contributed by atoms with E-state index in [0.29, 0.717) is 23.1 Å². The zero-order valence-electron chi connectivity index (χ0n) is 18.1. The number of nitrogens with zero attached hydrogens (tertiary/aromatic N) is 3. The van der Waals surface area contributed by atoms with Crippen LogP contribution in [-0.4, -0.2) is 39.6 Å². The van der Waals surface area contributed by atoms with E-state index in [9.17, 15) is 9.59 Å². The summed E-state index contributed by atoms with van der Waals surface area (Å²) < 4.78 is 1.64. The highest BCUT2D eigenvalue weighted by Gasteiger charge is 2.30. The van der Waals surface area contributed by atoms with E-state index < -0.39 is 0 Å². The highest BCUT2D eigenvalue weighted by atomic mass is 35.5. The molecule has 1 aliphatic carbocycles. The van der Waals surface area contributed by atoms with Crippen LogP contribution in [-0.2, 0) is 9.59 Å². The summed E-state index contributed by atoms with van der Waals surface area (Å²) in [4.78, 5) is 27.4. The van der Waals surface area contributed by atoms with E-state index in [1.807, 2.05) is 61.5 Å². The Morgan fingerprint density at radius 2 is 1.84 bits per heavy atom. The Morgan fingerprint density at radius 3 is 2.50 bits per heavy atom. The van der Waals surface area contributed by atoms with Crippen molar-refractivity contribution < 1.29 is 9.59 Å². The number of hydrogen-bond donors (Lipinski definition) is 1. The first-order valence-corrected chi connectivity index (χ1v) is 11.4. The Hall–Kier alpha value is -3.12. The number of carbonyl (C=O) groups excluding carboxylic acids is 2. The molecule has 0 spiro atoms. The summed E-state index contributed by atoms with van der Waals surface area (Å²) in [6.07, 6.45) is 3.73. The molecule has 0 unspecified atom stereocenters. The molecular formula is C25H27ClN4O2. The van der Waals surface area contributed by atoms with Crippen LogP contribution < -0.4 is 5.32 Å². The van der Waals surface area contributed by atoms with E-state index in [1.54, 1.807) is 15.6 Å². The fourth-order valence-corrected chi connectivity index (χ4v) is 4.05. The van der Waals surface area contributed by atoms with Crippen LogP contribution in [0.3, 0.4) is 0 Å². The first kappa shape index (κ1) is 22.1. The molecule has 0 radical (unpaired) electrons. The zero-order valence-corrected chi connectivity index (χ0v) is 18.9. The second kappa shape index (κ2) is 10.0. The number of rotatable bonds is 8. The highest BCUT2D eigenvalue weighted by molar-refractivity contribution is 6.32. The lowest BCUT2D eigenvalue weighted by Gasteiger charge is -2.31. The van der Waals surface area contributed by atoms with E-state index >= 15 is 0 Å². The lowest BCUT2D eigenvalue weighted by molar-refractivity contribution is -0.140. The molecule has 0 aliphatic heterocycles. The van der Waals surface area contributed by atoms with Crippen LogP contribution >= 0.6 is 11.6 Å². The standard InChI is InChI=1S/C25H27ClN4O2/c1-2-15-29(25(32)19-11-8-12-19)17-24(31)27-23-16-21(18-9-4-3-5-10-18)28-30(23)22-14-7-6-13-20(22)26/h3-7,9-10,13-14,16,19H,2,8,11-12,15,17H2,1H3,(H,27,31). The first-order valence-electron chi connectivity index (χ1n) is 11.1. The van der Waals surface area contributed by atoms with E-state index in [4.69, 9.17) is 16.7 Å². The van der Waals surface area contributed by atoms with Crippen LogP contribution in [0.1, 0.15) is 32.6 Å². The van der Waals surface area contributed by atoms with Gasteiger partial charge >= 0.3 is 0 Å².